The van der Waals surface area contributed by atoms with Crippen LogP contribution >= 0.6 is 0 Å². The lowest BCUT2D eigenvalue weighted by Gasteiger charge is -1.95. The van der Waals surface area contributed by atoms with Gasteiger partial charge in [0, 0.05) is 18.6 Å². The quantitative estimate of drug-likeness (QED) is 0.646. The molecule has 0 aromatic carbocycles. The third-order valence-corrected chi connectivity index (χ3v) is 2.10. The Kier molecular flexibility index (Phi) is 1.67. The van der Waals surface area contributed by atoms with Crippen molar-refractivity contribution in [1.82, 2.24) is 9.97 Å². The molecule has 54 valence electrons. The van der Waals surface area contributed by atoms with Gasteiger partial charge in [0.2, 0.25) is 0 Å². The van der Waals surface area contributed by atoms with Gasteiger partial charge in [0.1, 0.15) is 6.33 Å². The second-order valence-electron chi connectivity index (χ2n) is 1.92. The van der Waals surface area contributed by atoms with Gasteiger partial charge in [-0.3, -0.25) is 0 Å². The first-order chi connectivity index (χ1) is 4.61. The van der Waals surface area contributed by atoms with Gasteiger partial charge in [-0.15, -0.1) is 0 Å². The largest absolute Gasteiger partial charge is 0.249 e. The van der Waals surface area contributed by atoms with Crippen LogP contribution in [0.5, 0.6) is 0 Å². The molecule has 0 aliphatic heterocycles. The van der Waals surface area contributed by atoms with Crippen LogP contribution in [0.15, 0.2) is 23.6 Å². The molecule has 1 heterocycles. The molecule has 1 N–H and O–H groups in total. The molecule has 0 bridgehead atoms. The normalized spacial score (nSPS) is 16.1. The smallest absolute Gasteiger partial charge is 0.115 e. The Hall–Kier alpha value is -0.970. The van der Waals surface area contributed by atoms with Gasteiger partial charge in [-0.25, -0.2) is 19.0 Å². The summed E-state index contributed by atoms with van der Waals surface area (Å²) >= 11 is 0. The first kappa shape index (κ1) is 7.14. The summed E-state index contributed by atoms with van der Waals surface area (Å²) in [5, 5.41) is 0. The molecule has 1 atom stereocenters. The average molecular weight is 157 g/mol. The minimum atomic E-state index is -2.63. The van der Waals surface area contributed by atoms with E-state index < -0.39 is 9.73 Å². The summed E-state index contributed by atoms with van der Waals surface area (Å²) in [5.41, 5.74) is 0. The van der Waals surface area contributed by atoms with Crippen molar-refractivity contribution in [3.63, 3.8) is 0 Å². The third kappa shape index (κ3) is 1.51. The van der Waals surface area contributed by atoms with Gasteiger partial charge in [0.25, 0.3) is 0 Å². The van der Waals surface area contributed by atoms with Crippen LogP contribution in [-0.4, -0.2) is 20.4 Å². The molecule has 5 heteroatoms. The molecule has 4 nitrogen and oxygen atoms in total. The van der Waals surface area contributed by atoms with Gasteiger partial charge in [-0.2, -0.15) is 0 Å². The van der Waals surface area contributed by atoms with Crippen molar-refractivity contribution >= 4 is 9.73 Å². The number of hydrogen-bond acceptors (Lipinski definition) is 4. The van der Waals surface area contributed by atoms with E-state index in [9.17, 15) is 4.21 Å². The van der Waals surface area contributed by atoms with Gasteiger partial charge in [0.05, 0.1) is 14.6 Å². The summed E-state index contributed by atoms with van der Waals surface area (Å²) in [6.07, 6.45) is 5.46. The van der Waals surface area contributed by atoms with Crippen molar-refractivity contribution < 1.29 is 4.21 Å². The lowest BCUT2D eigenvalue weighted by Crippen LogP contribution is -1.95. The van der Waals surface area contributed by atoms with E-state index in [0.29, 0.717) is 4.90 Å². The zero-order chi connectivity index (χ0) is 7.61. The summed E-state index contributed by atoms with van der Waals surface area (Å²) in [6, 6.07) is 0. The number of nitrogens with one attached hydrogen (secondary N) is 1. The Morgan fingerprint density at radius 1 is 1.50 bits per heavy atom. The van der Waals surface area contributed by atoms with E-state index in [1.165, 1.54) is 25.0 Å². The molecule has 0 radical (unpaired) electrons. The second kappa shape index (κ2) is 2.34. The molecular weight excluding hydrogens is 150 g/mol. The van der Waals surface area contributed by atoms with Crippen molar-refractivity contribution in [2.24, 2.45) is 0 Å². The van der Waals surface area contributed by atoms with E-state index in [2.05, 4.69) is 9.97 Å². The van der Waals surface area contributed by atoms with Crippen LogP contribution in [0, 0.1) is 4.78 Å². The van der Waals surface area contributed by atoms with Crippen molar-refractivity contribution in [3.8, 4) is 0 Å². The van der Waals surface area contributed by atoms with Gasteiger partial charge in [0.15, 0.2) is 0 Å². The molecule has 10 heavy (non-hydrogen) atoms. The molecule has 0 fully saturated rings. The van der Waals surface area contributed by atoms with E-state index in [0.717, 1.165) is 0 Å². The Bertz CT molecular complexity index is 305. The van der Waals surface area contributed by atoms with Crippen LogP contribution in [-0.2, 0) is 9.73 Å². The maximum absolute atomic E-state index is 11.0. The molecule has 1 rings (SSSR count). The SMILES string of the molecule is CS(=N)(=O)c1cncnc1. The minimum Gasteiger partial charge on any atom is -0.249 e. The maximum Gasteiger partial charge on any atom is 0.115 e. The maximum atomic E-state index is 11.0. The van der Waals surface area contributed by atoms with E-state index in [4.69, 9.17) is 4.78 Å². The third-order valence-electron chi connectivity index (χ3n) is 0.987. The van der Waals surface area contributed by atoms with Gasteiger partial charge >= 0.3 is 0 Å². The Morgan fingerprint density at radius 3 is 2.30 bits per heavy atom. The zero-order valence-electron chi connectivity index (χ0n) is 5.44. The van der Waals surface area contributed by atoms with Crippen molar-refractivity contribution in [2.75, 3.05) is 6.26 Å². The minimum absolute atomic E-state index is 0.370. The summed E-state index contributed by atoms with van der Waals surface area (Å²) in [5.74, 6) is 0. The standard InChI is InChI=1S/C5H7N3OS/c1-10(6,9)5-2-7-4-8-3-5/h2-4,6H,1H3. The highest BCUT2D eigenvalue weighted by atomic mass is 32.2. The predicted molar refractivity (Wildman–Crippen MR) is 37.1 cm³/mol. The molecule has 1 unspecified atom stereocenters. The molecule has 0 saturated carbocycles. The highest BCUT2D eigenvalue weighted by molar-refractivity contribution is 7.91. The van der Waals surface area contributed by atoms with Gasteiger partial charge in [-0.1, -0.05) is 0 Å². The molecular formula is C5H7N3OS. The fourth-order valence-corrected chi connectivity index (χ4v) is 1.01. The monoisotopic (exact) mass is 157 g/mol. The molecule has 0 saturated heterocycles. The summed E-state index contributed by atoms with van der Waals surface area (Å²) < 4.78 is 18.1. The average Bonchev–Trinajstić information content (AvgIpc) is 1.88. The predicted octanol–water partition coefficient (Wildman–Crippen LogP) is 0.512. The Labute approximate surface area is 59.3 Å². The zero-order valence-corrected chi connectivity index (χ0v) is 6.26. The summed E-state index contributed by atoms with van der Waals surface area (Å²) in [4.78, 5) is 7.65. The number of hydrogen-bond donors (Lipinski definition) is 1. The Morgan fingerprint density at radius 2 is 2.00 bits per heavy atom. The van der Waals surface area contributed by atoms with Crippen LogP contribution in [0.2, 0.25) is 0 Å². The second-order valence-corrected chi connectivity index (χ2v) is 4.08. The van der Waals surface area contributed by atoms with Gasteiger partial charge < -0.3 is 0 Å². The lowest BCUT2D eigenvalue weighted by molar-refractivity contribution is 0.678. The van der Waals surface area contributed by atoms with Gasteiger partial charge in [-0.05, 0) is 0 Å². The van der Waals surface area contributed by atoms with Crippen LogP contribution in [0.4, 0.5) is 0 Å². The molecule has 0 aliphatic rings. The van der Waals surface area contributed by atoms with E-state index in [1.54, 1.807) is 0 Å². The molecule has 0 spiro atoms. The summed E-state index contributed by atoms with van der Waals surface area (Å²) in [7, 11) is -2.63. The first-order valence-corrected chi connectivity index (χ1v) is 4.56. The molecule has 0 amide bonds. The first-order valence-electron chi connectivity index (χ1n) is 2.59. The topological polar surface area (TPSA) is 66.7 Å². The number of nitrogens with zero attached hydrogens (tertiary/aromatic N) is 2. The Balaban J connectivity index is 3.22. The van der Waals surface area contributed by atoms with E-state index >= 15 is 0 Å². The fraction of sp³-hybridized carbons (Fsp3) is 0.200. The van der Waals surface area contributed by atoms with Crippen molar-refractivity contribution in [3.05, 3.63) is 18.7 Å². The lowest BCUT2D eigenvalue weighted by atomic mass is 10.7. The van der Waals surface area contributed by atoms with E-state index in [-0.39, 0.29) is 0 Å². The van der Waals surface area contributed by atoms with Crippen molar-refractivity contribution in [1.29, 1.82) is 4.78 Å². The highest BCUT2D eigenvalue weighted by Gasteiger charge is 2.00. The molecule has 1 aromatic rings. The number of aromatic nitrogens is 2. The number of rotatable bonds is 1. The van der Waals surface area contributed by atoms with E-state index in [1.807, 2.05) is 0 Å². The molecule has 1 aromatic heterocycles. The van der Waals surface area contributed by atoms with Crippen LogP contribution < -0.4 is 0 Å². The van der Waals surface area contributed by atoms with Crippen molar-refractivity contribution in [2.45, 2.75) is 4.90 Å². The highest BCUT2D eigenvalue weighted by Crippen LogP contribution is 2.02. The fourth-order valence-electron chi connectivity index (χ4n) is 0.487. The molecule has 0 aliphatic carbocycles. The van der Waals surface area contributed by atoms with Crippen LogP contribution in [0.1, 0.15) is 0 Å². The van der Waals surface area contributed by atoms with Crippen LogP contribution in [0.25, 0.3) is 0 Å². The van der Waals surface area contributed by atoms with Crippen LogP contribution in [0.3, 0.4) is 0 Å². The summed E-state index contributed by atoms with van der Waals surface area (Å²) in [6.45, 7) is 0.